The molecule has 5 heteroatoms. The summed E-state index contributed by atoms with van der Waals surface area (Å²) in [6, 6.07) is 10.4. The van der Waals surface area contributed by atoms with Gasteiger partial charge in [-0.25, -0.2) is 4.79 Å². The van der Waals surface area contributed by atoms with E-state index >= 15 is 0 Å². The van der Waals surface area contributed by atoms with Crippen LogP contribution in [-0.4, -0.2) is 18.0 Å². The number of ether oxygens (including phenoxy) is 1. The van der Waals surface area contributed by atoms with Crippen LogP contribution in [0.4, 0.5) is 5.69 Å². The Bertz CT molecular complexity index is 676. The number of esters is 1. The van der Waals surface area contributed by atoms with E-state index in [0.29, 0.717) is 10.9 Å². The third-order valence-corrected chi connectivity index (χ3v) is 2.71. The predicted octanol–water partition coefficient (Wildman–Crippen LogP) is 2.93. The fourth-order valence-corrected chi connectivity index (χ4v) is 1.84. The highest BCUT2D eigenvalue weighted by atomic mass is 16.6. The Morgan fingerprint density at radius 3 is 2.68 bits per heavy atom. The average molecular weight is 257 g/mol. The monoisotopic (exact) mass is 257 g/mol. The van der Waals surface area contributed by atoms with Crippen molar-refractivity contribution in [1.29, 1.82) is 0 Å². The minimum atomic E-state index is -0.553. The molecule has 0 amide bonds. The Morgan fingerprint density at radius 2 is 2.00 bits per heavy atom. The van der Waals surface area contributed by atoms with Crippen molar-refractivity contribution in [1.82, 2.24) is 0 Å². The maximum Gasteiger partial charge on any atom is 0.330 e. The number of carbonyl (C=O) groups is 1. The van der Waals surface area contributed by atoms with E-state index in [1.807, 2.05) is 6.07 Å². The molecule has 0 aliphatic carbocycles. The van der Waals surface area contributed by atoms with Crippen LogP contribution in [0.15, 0.2) is 42.5 Å². The lowest BCUT2D eigenvalue weighted by Crippen LogP contribution is -1.96. The van der Waals surface area contributed by atoms with Crippen LogP contribution in [0.25, 0.3) is 16.8 Å². The van der Waals surface area contributed by atoms with Crippen molar-refractivity contribution in [2.45, 2.75) is 0 Å². The third kappa shape index (κ3) is 2.60. The molecular formula is C14H11NO4. The quantitative estimate of drug-likeness (QED) is 0.367. The Hall–Kier alpha value is -2.69. The molecule has 0 spiro atoms. The van der Waals surface area contributed by atoms with Crippen molar-refractivity contribution >= 4 is 28.5 Å². The zero-order valence-electron chi connectivity index (χ0n) is 10.2. The molecule has 0 atom stereocenters. The molecule has 0 aromatic heterocycles. The molecule has 2 aromatic rings. The van der Waals surface area contributed by atoms with Crippen molar-refractivity contribution in [2.24, 2.45) is 0 Å². The van der Waals surface area contributed by atoms with Gasteiger partial charge in [-0.15, -0.1) is 0 Å². The van der Waals surface area contributed by atoms with Crippen molar-refractivity contribution in [2.75, 3.05) is 7.11 Å². The summed E-state index contributed by atoms with van der Waals surface area (Å²) in [6.07, 6.45) is 2.55. The molecular weight excluding hydrogens is 246 g/mol. The lowest BCUT2D eigenvalue weighted by molar-refractivity contribution is -0.383. The number of hydrogen-bond donors (Lipinski definition) is 0. The van der Waals surface area contributed by atoms with Gasteiger partial charge in [0.15, 0.2) is 0 Å². The van der Waals surface area contributed by atoms with E-state index in [-0.39, 0.29) is 5.69 Å². The van der Waals surface area contributed by atoms with Gasteiger partial charge in [0.05, 0.1) is 23.0 Å². The molecule has 0 saturated heterocycles. The Balaban J connectivity index is 2.61. The molecule has 0 unspecified atom stereocenters. The van der Waals surface area contributed by atoms with Crippen molar-refractivity contribution in [3.8, 4) is 0 Å². The molecule has 0 aliphatic heterocycles. The highest BCUT2D eigenvalue weighted by molar-refractivity contribution is 5.96. The molecule has 0 radical (unpaired) electrons. The number of rotatable bonds is 3. The fraction of sp³-hybridized carbons (Fsp3) is 0.0714. The summed E-state index contributed by atoms with van der Waals surface area (Å²) in [5, 5.41) is 12.5. The molecule has 2 aromatic carbocycles. The number of fused-ring (bicyclic) bond motifs is 1. The summed E-state index contributed by atoms with van der Waals surface area (Å²) in [7, 11) is 1.25. The maximum atomic E-state index is 11.2. The second-order valence-electron chi connectivity index (χ2n) is 3.84. The minimum Gasteiger partial charge on any atom is -0.466 e. The van der Waals surface area contributed by atoms with Gasteiger partial charge >= 0.3 is 5.97 Å². The van der Waals surface area contributed by atoms with Gasteiger partial charge in [0, 0.05) is 6.08 Å². The largest absolute Gasteiger partial charge is 0.466 e. The number of hydrogen-bond acceptors (Lipinski definition) is 4. The second-order valence-corrected chi connectivity index (χ2v) is 3.84. The standard InChI is InChI=1S/C14H11NO4/c1-19-13(16)9-8-11-7-6-10-4-2-3-5-12(10)14(11)15(17)18/h2-9H,1H3/b9-8+. The second kappa shape index (κ2) is 5.30. The Kier molecular flexibility index (Phi) is 3.56. The van der Waals surface area contributed by atoms with E-state index in [9.17, 15) is 14.9 Å². The zero-order valence-corrected chi connectivity index (χ0v) is 10.2. The van der Waals surface area contributed by atoms with E-state index in [4.69, 9.17) is 0 Å². The van der Waals surface area contributed by atoms with Crippen LogP contribution in [0.2, 0.25) is 0 Å². The topological polar surface area (TPSA) is 69.4 Å². The van der Waals surface area contributed by atoms with Crippen molar-refractivity contribution < 1.29 is 14.5 Å². The van der Waals surface area contributed by atoms with Crippen LogP contribution in [0, 0.1) is 10.1 Å². The van der Waals surface area contributed by atoms with Crippen LogP contribution >= 0.6 is 0 Å². The molecule has 0 aliphatic rings. The first kappa shape index (κ1) is 12.8. The van der Waals surface area contributed by atoms with Gasteiger partial charge in [0.2, 0.25) is 0 Å². The number of methoxy groups -OCH3 is 1. The fourth-order valence-electron chi connectivity index (χ4n) is 1.84. The van der Waals surface area contributed by atoms with E-state index in [0.717, 1.165) is 11.5 Å². The maximum absolute atomic E-state index is 11.2. The van der Waals surface area contributed by atoms with Gasteiger partial charge < -0.3 is 4.74 Å². The van der Waals surface area contributed by atoms with Crippen LogP contribution < -0.4 is 0 Å². The molecule has 0 saturated carbocycles. The lowest BCUT2D eigenvalue weighted by atomic mass is 10.0. The molecule has 2 rings (SSSR count). The third-order valence-electron chi connectivity index (χ3n) is 2.71. The smallest absolute Gasteiger partial charge is 0.330 e. The molecule has 5 nitrogen and oxygen atoms in total. The normalized spacial score (nSPS) is 10.8. The Morgan fingerprint density at radius 1 is 1.26 bits per heavy atom. The average Bonchev–Trinajstić information content (AvgIpc) is 2.43. The first-order valence-corrected chi connectivity index (χ1v) is 5.55. The molecule has 0 bridgehead atoms. The number of nitro groups is 1. The van der Waals surface area contributed by atoms with Crippen molar-refractivity contribution in [3.63, 3.8) is 0 Å². The van der Waals surface area contributed by atoms with Gasteiger partial charge in [-0.1, -0.05) is 24.3 Å². The molecule has 96 valence electrons. The predicted molar refractivity (Wildman–Crippen MR) is 71.7 cm³/mol. The van der Waals surface area contributed by atoms with Crippen LogP contribution in [0.1, 0.15) is 5.56 Å². The van der Waals surface area contributed by atoms with Crippen LogP contribution in [0.3, 0.4) is 0 Å². The molecule has 19 heavy (non-hydrogen) atoms. The number of nitro benzene ring substituents is 1. The summed E-state index contributed by atoms with van der Waals surface area (Å²) >= 11 is 0. The highest BCUT2D eigenvalue weighted by Gasteiger charge is 2.16. The molecule has 0 N–H and O–H groups in total. The van der Waals surface area contributed by atoms with Gasteiger partial charge in [-0.2, -0.15) is 0 Å². The Labute approximate surface area is 109 Å². The van der Waals surface area contributed by atoms with E-state index in [2.05, 4.69) is 4.74 Å². The van der Waals surface area contributed by atoms with Crippen molar-refractivity contribution in [3.05, 3.63) is 58.2 Å². The van der Waals surface area contributed by atoms with Gasteiger partial charge in [0.1, 0.15) is 0 Å². The lowest BCUT2D eigenvalue weighted by Gasteiger charge is -2.02. The molecule has 0 fully saturated rings. The van der Waals surface area contributed by atoms with E-state index < -0.39 is 10.9 Å². The first-order valence-electron chi connectivity index (χ1n) is 5.55. The number of benzene rings is 2. The van der Waals surface area contributed by atoms with Gasteiger partial charge in [0.25, 0.3) is 5.69 Å². The van der Waals surface area contributed by atoms with E-state index in [1.54, 1.807) is 30.3 Å². The van der Waals surface area contributed by atoms with Crippen LogP contribution in [-0.2, 0) is 9.53 Å². The highest BCUT2D eigenvalue weighted by Crippen LogP contribution is 2.30. The number of carbonyl (C=O) groups excluding carboxylic acids is 1. The van der Waals surface area contributed by atoms with Crippen LogP contribution in [0.5, 0.6) is 0 Å². The van der Waals surface area contributed by atoms with Gasteiger partial charge in [-0.3, -0.25) is 10.1 Å². The summed E-state index contributed by atoms with van der Waals surface area (Å²) < 4.78 is 4.46. The minimum absolute atomic E-state index is 0.0155. The SMILES string of the molecule is COC(=O)/C=C/c1ccc2ccccc2c1[N+](=O)[O-]. The number of nitrogens with zero attached hydrogens (tertiary/aromatic N) is 1. The zero-order chi connectivity index (χ0) is 13.8. The summed E-state index contributed by atoms with van der Waals surface area (Å²) in [6.45, 7) is 0. The first-order chi connectivity index (χ1) is 9.13. The van der Waals surface area contributed by atoms with Gasteiger partial charge in [-0.05, 0) is 23.6 Å². The summed E-state index contributed by atoms with van der Waals surface area (Å²) in [5.41, 5.74) is 0.354. The summed E-state index contributed by atoms with van der Waals surface area (Å²) in [5.74, 6) is -0.553. The molecule has 0 heterocycles. The summed E-state index contributed by atoms with van der Waals surface area (Å²) in [4.78, 5) is 21.8. The van der Waals surface area contributed by atoms with E-state index in [1.165, 1.54) is 13.2 Å².